The first-order chi connectivity index (χ1) is 13.5. The number of anilines is 2. The highest BCUT2D eigenvalue weighted by Crippen LogP contribution is 2.42. The van der Waals surface area contributed by atoms with Gasteiger partial charge in [0.1, 0.15) is 5.75 Å². The van der Waals surface area contributed by atoms with Gasteiger partial charge in [0.2, 0.25) is 5.91 Å². The number of hydrogen-bond donors (Lipinski definition) is 1. The van der Waals surface area contributed by atoms with Crippen LogP contribution in [0.25, 0.3) is 11.1 Å². The fourth-order valence-corrected chi connectivity index (χ4v) is 3.88. The lowest BCUT2D eigenvalue weighted by atomic mass is 9.89. The van der Waals surface area contributed by atoms with E-state index in [2.05, 4.69) is 5.32 Å². The Morgan fingerprint density at radius 3 is 2.86 bits per heavy atom. The van der Waals surface area contributed by atoms with E-state index >= 15 is 0 Å². The Balaban J connectivity index is 1.60. The number of rotatable bonds is 2. The van der Waals surface area contributed by atoms with Crippen LogP contribution in [0.3, 0.4) is 0 Å². The highest BCUT2D eigenvalue weighted by atomic mass is 16.5. The highest BCUT2D eigenvalue weighted by Gasteiger charge is 2.31. The SMILES string of the molecule is CN1C(=O)COc2cc3c(cc21)[C@H](Cn1c(=O)oc2ccccc21)CC(=O)N3. The predicted molar refractivity (Wildman–Crippen MR) is 102 cm³/mol. The van der Waals surface area contributed by atoms with E-state index in [1.165, 1.54) is 0 Å². The number of ether oxygens (including phenoxy) is 1. The molecule has 2 amide bonds. The quantitative estimate of drug-likeness (QED) is 0.736. The molecule has 1 atom stereocenters. The minimum Gasteiger partial charge on any atom is -0.481 e. The number of aromatic nitrogens is 1. The fourth-order valence-electron chi connectivity index (χ4n) is 3.88. The molecular weight excluding hydrogens is 362 g/mol. The molecule has 2 aliphatic rings. The van der Waals surface area contributed by atoms with Crippen LogP contribution in [0.5, 0.6) is 5.75 Å². The van der Waals surface area contributed by atoms with Crippen LogP contribution in [0, 0.1) is 0 Å². The number of likely N-dealkylation sites (N-methyl/N-ethyl adjacent to an activating group) is 1. The smallest absolute Gasteiger partial charge is 0.419 e. The third-order valence-electron chi connectivity index (χ3n) is 5.34. The number of fused-ring (bicyclic) bond motifs is 3. The Bertz CT molecular complexity index is 1190. The van der Waals surface area contributed by atoms with E-state index in [0.717, 1.165) is 5.56 Å². The summed E-state index contributed by atoms with van der Waals surface area (Å²) in [5, 5.41) is 2.86. The Morgan fingerprint density at radius 2 is 2.00 bits per heavy atom. The second kappa shape index (κ2) is 5.98. The van der Waals surface area contributed by atoms with Crippen LogP contribution in [0.2, 0.25) is 0 Å². The summed E-state index contributed by atoms with van der Waals surface area (Å²) in [5.41, 5.74) is 3.36. The van der Waals surface area contributed by atoms with E-state index < -0.39 is 5.76 Å². The molecule has 8 heteroatoms. The van der Waals surface area contributed by atoms with E-state index in [1.807, 2.05) is 18.2 Å². The van der Waals surface area contributed by atoms with Crippen molar-refractivity contribution in [2.75, 3.05) is 23.9 Å². The van der Waals surface area contributed by atoms with Crippen molar-refractivity contribution in [1.29, 1.82) is 0 Å². The van der Waals surface area contributed by atoms with Crippen LogP contribution in [-0.4, -0.2) is 30.0 Å². The molecule has 3 heterocycles. The number of benzene rings is 2. The van der Waals surface area contributed by atoms with Gasteiger partial charge in [0.25, 0.3) is 5.91 Å². The average Bonchev–Trinajstić information content (AvgIpc) is 2.99. The monoisotopic (exact) mass is 379 g/mol. The summed E-state index contributed by atoms with van der Waals surface area (Å²) in [6.45, 7) is 0.267. The van der Waals surface area contributed by atoms with Crippen molar-refractivity contribution in [2.45, 2.75) is 18.9 Å². The van der Waals surface area contributed by atoms with E-state index in [4.69, 9.17) is 9.15 Å². The van der Waals surface area contributed by atoms with Crippen molar-refractivity contribution >= 4 is 34.3 Å². The Hall–Kier alpha value is -3.55. The highest BCUT2D eigenvalue weighted by molar-refractivity contribution is 6.00. The van der Waals surface area contributed by atoms with E-state index in [1.54, 1.807) is 34.7 Å². The van der Waals surface area contributed by atoms with Crippen molar-refractivity contribution in [3.8, 4) is 5.75 Å². The largest absolute Gasteiger partial charge is 0.481 e. The van der Waals surface area contributed by atoms with E-state index in [0.29, 0.717) is 34.8 Å². The number of oxazole rings is 1. The normalized spacial score (nSPS) is 18.5. The molecule has 2 aliphatic heterocycles. The van der Waals surface area contributed by atoms with Crippen LogP contribution in [0.4, 0.5) is 11.4 Å². The Morgan fingerprint density at radius 1 is 1.18 bits per heavy atom. The molecule has 0 spiro atoms. The first-order valence-electron chi connectivity index (χ1n) is 8.97. The van der Waals surface area contributed by atoms with Crippen molar-refractivity contribution in [1.82, 2.24) is 4.57 Å². The number of hydrogen-bond acceptors (Lipinski definition) is 5. The molecule has 0 fully saturated rings. The van der Waals surface area contributed by atoms with Gasteiger partial charge in [-0.15, -0.1) is 0 Å². The standard InChI is InChI=1S/C20H17N3O5/c1-22-15-7-12-11(9-23-14-4-2-3-5-16(14)28-20(23)26)6-18(24)21-13(12)8-17(15)27-10-19(22)25/h2-5,7-8,11H,6,9-10H2,1H3,(H,21,24)/t11-/m0/s1. The molecule has 2 aromatic carbocycles. The second-order valence-electron chi connectivity index (χ2n) is 7.04. The third kappa shape index (κ3) is 2.49. The van der Waals surface area contributed by atoms with Gasteiger partial charge < -0.3 is 19.4 Å². The molecule has 0 saturated carbocycles. The molecule has 3 aromatic rings. The minimum absolute atomic E-state index is 0.0317. The average molecular weight is 379 g/mol. The molecule has 0 radical (unpaired) electrons. The molecule has 142 valence electrons. The molecule has 8 nitrogen and oxygen atoms in total. The molecule has 0 bridgehead atoms. The topological polar surface area (TPSA) is 93.8 Å². The second-order valence-corrected chi connectivity index (χ2v) is 7.04. The lowest BCUT2D eigenvalue weighted by Crippen LogP contribution is -2.36. The fraction of sp³-hybridized carbons (Fsp3) is 0.250. The van der Waals surface area contributed by atoms with E-state index in [9.17, 15) is 14.4 Å². The Labute approximate surface area is 159 Å². The lowest BCUT2D eigenvalue weighted by molar-refractivity contribution is -0.121. The number of carbonyl (C=O) groups excluding carboxylic acids is 2. The lowest BCUT2D eigenvalue weighted by Gasteiger charge is -2.31. The molecule has 5 rings (SSSR count). The molecular formula is C20H17N3O5. The Kier molecular flexibility index (Phi) is 3.55. The van der Waals surface area contributed by atoms with Gasteiger partial charge in [-0.3, -0.25) is 14.2 Å². The van der Waals surface area contributed by atoms with Gasteiger partial charge in [-0.25, -0.2) is 4.79 Å². The maximum absolute atomic E-state index is 12.4. The van der Waals surface area contributed by atoms with Gasteiger partial charge in [-0.1, -0.05) is 12.1 Å². The van der Waals surface area contributed by atoms with Gasteiger partial charge in [0.05, 0.1) is 11.2 Å². The van der Waals surface area contributed by atoms with Crippen LogP contribution < -0.4 is 20.7 Å². The summed E-state index contributed by atoms with van der Waals surface area (Å²) in [7, 11) is 1.70. The first-order valence-corrected chi connectivity index (χ1v) is 8.97. The maximum Gasteiger partial charge on any atom is 0.419 e. The van der Waals surface area contributed by atoms with Gasteiger partial charge in [-0.2, -0.15) is 0 Å². The van der Waals surface area contributed by atoms with Crippen molar-refractivity contribution in [3.63, 3.8) is 0 Å². The molecule has 0 aliphatic carbocycles. The van der Waals surface area contributed by atoms with Crippen molar-refractivity contribution in [2.24, 2.45) is 0 Å². The molecule has 1 aromatic heterocycles. The van der Waals surface area contributed by atoms with Crippen LogP contribution in [0.1, 0.15) is 17.9 Å². The zero-order valence-electron chi connectivity index (χ0n) is 15.1. The van der Waals surface area contributed by atoms with Crippen LogP contribution in [-0.2, 0) is 16.1 Å². The molecule has 1 N–H and O–H groups in total. The van der Waals surface area contributed by atoms with Gasteiger partial charge in [0, 0.05) is 37.7 Å². The summed E-state index contributed by atoms with van der Waals surface area (Å²) >= 11 is 0. The van der Waals surface area contributed by atoms with Crippen molar-refractivity contribution in [3.05, 3.63) is 52.5 Å². The molecule has 0 saturated heterocycles. The third-order valence-corrected chi connectivity index (χ3v) is 5.34. The van der Waals surface area contributed by atoms with Gasteiger partial charge >= 0.3 is 5.76 Å². The molecule has 0 unspecified atom stereocenters. The summed E-state index contributed by atoms with van der Waals surface area (Å²) < 4.78 is 12.4. The summed E-state index contributed by atoms with van der Waals surface area (Å²) in [6.07, 6.45) is 0.232. The number of amides is 2. The summed E-state index contributed by atoms with van der Waals surface area (Å²) in [6, 6.07) is 10.8. The zero-order valence-corrected chi connectivity index (χ0v) is 15.1. The number of carbonyl (C=O) groups is 2. The van der Waals surface area contributed by atoms with Gasteiger partial charge in [0.15, 0.2) is 12.2 Å². The minimum atomic E-state index is -0.456. The molecule has 28 heavy (non-hydrogen) atoms. The van der Waals surface area contributed by atoms with Crippen molar-refractivity contribution < 1.29 is 18.7 Å². The van der Waals surface area contributed by atoms with E-state index in [-0.39, 0.29) is 30.8 Å². The number of nitrogens with zero attached hydrogens (tertiary/aromatic N) is 2. The summed E-state index contributed by atoms with van der Waals surface area (Å²) in [4.78, 5) is 38.2. The summed E-state index contributed by atoms with van der Waals surface area (Å²) in [5.74, 6) is -0.410. The van der Waals surface area contributed by atoms with Gasteiger partial charge in [-0.05, 0) is 23.8 Å². The van der Waals surface area contributed by atoms with Crippen LogP contribution >= 0.6 is 0 Å². The maximum atomic E-state index is 12.4. The number of para-hydroxylation sites is 2. The first kappa shape index (κ1) is 16.6. The number of nitrogens with one attached hydrogen (secondary N) is 1. The zero-order chi connectivity index (χ0) is 19.4. The predicted octanol–water partition coefficient (Wildman–Crippen LogP) is 2.08. The van der Waals surface area contributed by atoms with Crippen LogP contribution in [0.15, 0.2) is 45.6 Å².